The molecule has 0 saturated carbocycles. The first-order valence-electron chi connectivity index (χ1n) is 6.02. The first kappa shape index (κ1) is 14.8. The van der Waals surface area contributed by atoms with Crippen molar-refractivity contribution in [2.24, 2.45) is 5.73 Å². The van der Waals surface area contributed by atoms with Crippen LogP contribution in [0.3, 0.4) is 0 Å². The molecule has 0 saturated heterocycles. The van der Waals surface area contributed by atoms with Gasteiger partial charge in [-0.25, -0.2) is 0 Å². The topological polar surface area (TPSA) is 26.0 Å². The number of allylic oxidation sites excluding steroid dienone is 7. The summed E-state index contributed by atoms with van der Waals surface area (Å²) in [6.45, 7) is 12.4. The Balaban J connectivity index is 4.96. The Bertz CT molecular complexity index is 312. The number of unbranched alkanes of at least 4 members (excludes halogenated alkanes) is 1. The van der Waals surface area contributed by atoms with E-state index in [1.165, 1.54) is 17.6 Å². The molecular formula is C15H25N. The Hall–Kier alpha value is -1.24. The molecule has 90 valence electrons. The van der Waals surface area contributed by atoms with Gasteiger partial charge < -0.3 is 5.73 Å². The molecule has 0 atom stereocenters. The average molecular weight is 219 g/mol. The standard InChI is InChI=1S/C15H25N/c1-6-9-11-15(13(5)16)12(4)14(8-3)10-7-2/h7-8,10H,4,6,9,11,16H2,1-3,5H3/b10-7-,14-8+,15-13-. The zero-order chi connectivity index (χ0) is 12.6. The van der Waals surface area contributed by atoms with Gasteiger partial charge in [-0.2, -0.15) is 0 Å². The molecule has 0 heterocycles. The molecule has 0 rings (SSSR count). The van der Waals surface area contributed by atoms with Gasteiger partial charge in [0, 0.05) is 5.70 Å². The van der Waals surface area contributed by atoms with E-state index in [4.69, 9.17) is 5.73 Å². The molecule has 0 spiro atoms. The van der Waals surface area contributed by atoms with Crippen LogP contribution in [0.15, 0.2) is 47.2 Å². The molecule has 0 radical (unpaired) electrons. The maximum absolute atomic E-state index is 5.93. The van der Waals surface area contributed by atoms with Crippen LogP contribution < -0.4 is 5.73 Å². The molecule has 0 aromatic rings. The van der Waals surface area contributed by atoms with Crippen LogP contribution in [0.4, 0.5) is 0 Å². The summed E-state index contributed by atoms with van der Waals surface area (Å²) >= 11 is 0. The normalized spacial score (nSPS) is 14.1. The fourth-order valence-electron chi connectivity index (χ4n) is 1.66. The minimum Gasteiger partial charge on any atom is -0.402 e. The van der Waals surface area contributed by atoms with Gasteiger partial charge in [-0.3, -0.25) is 0 Å². The second-order valence-corrected chi connectivity index (χ2v) is 3.99. The molecule has 0 unspecified atom stereocenters. The highest BCUT2D eigenvalue weighted by atomic mass is 14.6. The molecule has 0 amide bonds. The number of nitrogens with two attached hydrogens (primary N) is 1. The van der Waals surface area contributed by atoms with Crippen LogP contribution in [-0.2, 0) is 0 Å². The lowest BCUT2D eigenvalue weighted by molar-refractivity contribution is 0.786. The summed E-state index contributed by atoms with van der Waals surface area (Å²) in [5.74, 6) is 0. The number of rotatable bonds is 6. The van der Waals surface area contributed by atoms with Gasteiger partial charge >= 0.3 is 0 Å². The zero-order valence-electron chi connectivity index (χ0n) is 11.1. The van der Waals surface area contributed by atoms with Crippen molar-refractivity contribution in [2.75, 3.05) is 0 Å². The summed E-state index contributed by atoms with van der Waals surface area (Å²) in [5.41, 5.74) is 10.3. The zero-order valence-corrected chi connectivity index (χ0v) is 11.1. The molecular weight excluding hydrogens is 194 g/mol. The van der Waals surface area contributed by atoms with Gasteiger partial charge in [0.1, 0.15) is 0 Å². The quantitative estimate of drug-likeness (QED) is 0.654. The van der Waals surface area contributed by atoms with Crippen molar-refractivity contribution in [1.82, 2.24) is 0 Å². The predicted molar refractivity (Wildman–Crippen MR) is 74.1 cm³/mol. The van der Waals surface area contributed by atoms with Crippen LogP contribution >= 0.6 is 0 Å². The second-order valence-electron chi connectivity index (χ2n) is 3.99. The van der Waals surface area contributed by atoms with Crippen LogP contribution in [-0.4, -0.2) is 0 Å². The Morgan fingerprint density at radius 1 is 1.31 bits per heavy atom. The minimum absolute atomic E-state index is 0.891. The van der Waals surface area contributed by atoms with Crippen LogP contribution in [0.25, 0.3) is 0 Å². The molecule has 1 heteroatoms. The summed E-state index contributed by atoms with van der Waals surface area (Å²) in [6, 6.07) is 0. The van der Waals surface area contributed by atoms with Gasteiger partial charge in [0.15, 0.2) is 0 Å². The van der Waals surface area contributed by atoms with Crippen molar-refractivity contribution >= 4 is 0 Å². The van der Waals surface area contributed by atoms with E-state index < -0.39 is 0 Å². The Kier molecular flexibility index (Phi) is 7.36. The van der Waals surface area contributed by atoms with E-state index in [1.807, 2.05) is 26.8 Å². The number of hydrogen-bond acceptors (Lipinski definition) is 1. The van der Waals surface area contributed by atoms with Crippen molar-refractivity contribution in [3.63, 3.8) is 0 Å². The maximum atomic E-state index is 5.93. The first-order valence-corrected chi connectivity index (χ1v) is 6.02. The van der Waals surface area contributed by atoms with E-state index in [0.717, 1.165) is 24.1 Å². The van der Waals surface area contributed by atoms with E-state index >= 15 is 0 Å². The van der Waals surface area contributed by atoms with E-state index in [2.05, 4.69) is 25.7 Å². The van der Waals surface area contributed by atoms with Crippen LogP contribution in [0.5, 0.6) is 0 Å². The third-order valence-electron chi connectivity index (χ3n) is 2.63. The summed E-state index contributed by atoms with van der Waals surface area (Å²) < 4.78 is 0. The van der Waals surface area contributed by atoms with Gasteiger partial charge in [0.05, 0.1) is 0 Å². The molecule has 0 bridgehead atoms. The predicted octanol–water partition coefficient (Wildman–Crippen LogP) is 4.49. The minimum atomic E-state index is 0.891. The number of hydrogen-bond donors (Lipinski definition) is 1. The lowest BCUT2D eigenvalue weighted by Crippen LogP contribution is -2.02. The second kappa shape index (κ2) is 7.98. The summed E-state index contributed by atoms with van der Waals surface area (Å²) in [6.07, 6.45) is 9.55. The Morgan fingerprint density at radius 3 is 2.31 bits per heavy atom. The molecule has 16 heavy (non-hydrogen) atoms. The van der Waals surface area contributed by atoms with Crippen LogP contribution in [0.1, 0.15) is 47.0 Å². The van der Waals surface area contributed by atoms with Gasteiger partial charge in [0.2, 0.25) is 0 Å². The third-order valence-corrected chi connectivity index (χ3v) is 2.63. The molecule has 0 fully saturated rings. The molecule has 0 aliphatic rings. The molecule has 1 nitrogen and oxygen atoms in total. The van der Waals surface area contributed by atoms with Crippen LogP contribution in [0.2, 0.25) is 0 Å². The lowest BCUT2D eigenvalue weighted by atomic mass is 9.93. The molecule has 2 N–H and O–H groups in total. The highest BCUT2D eigenvalue weighted by Crippen LogP contribution is 2.24. The highest BCUT2D eigenvalue weighted by Gasteiger charge is 2.07. The van der Waals surface area contributed by atoms with Crippen LogP contribution in [0, 0.1) is 0 Å². The van der Waals surface area contributed by atoms with Crippen molar-refractivity contribution in [3.05, 3.63) is 47.2 Å². The van der Waals surface area contributed by atoms with Crippen molar-refractivity contribution in [1.29, 1.82) is 0 Å². The van der Waals surface area contributed by atoms with Gasteiger partial charge in [-0.1, -0.05) is 38.2 Å². The smallest absolute Gasteiger partial charge is 0.00874 e. The van der Waals surface area contributed by atoms with Crippen molar-refractivity contribution in [2.45, 2.75) is 47.0 Å². The van der Waals surface area contributed by atoms with E-state index in [-0.39, 0.29) is 0 Å². The van der Waals surface area contributed by atoms with Gasteiger partial charge in [-0.15, -0.1) is 0 Å². The highest BCUT2D eigenvalue weighted by molar-refractivity contribution is 5.50. The Labute approximate surface area is 100 Å². The summed E-state index contributed by atoms with van der Waals surface area (Å²) in [4.78, 5) is 0. The fraction of sp³-hybridized carbons (Fsp3) is 0.467. The summed E-state index contributed by atoms with van der Waals surface area (Å²) in [7, 11) is 0. The monoisotopic (exact) mass is 219 g/mol. The molecule has 0 aromatic carbocycles. The molecule has 0 aliphatic heterocycles. The molecule has 0 aromatic heterocycles. The van der Waals surface area contributed by atoms with E-state index in [1.54, 1.807) is 0 Å². The van der Waals surface area contributed by atoms with Gasteiger partial charge in [0.25, 0.3) is 0 Å². The lowest BCUT2D eigenvalue weighted by Gasteiger charge is -2.13. The van der Waals surface area contributed by atoms with Gasteiger partial charge in [-0.05, 0) is 50.3 Å². The van der Waals surface area contributed by atoms with E-state index in [9.17, 15) is 0 Å². The SMILES string of the molecule is C=C(/C(CCCC)=C(/C)N)C(/C=C\C)=C/C. The fourth-order valence-corrected chi connectivity index (χ4v) is 1.66. The van der Waals surface area contributed by atoms with E-state index in [0.29, 0.717) is 0 Å². The largest absolute Gasteiger partial charge is 0.402 e. The summed E-state index contributed by atoms with van der Waals surface area (Å²) in [5, 5.41) is 0. The maximum Gasteiger partial charge on any atom is 0.00874 e. The third kappa shape index (κ3) is 4.52. The Morgan fingerprint density at radius 2 is 1.94 bits per heavy atom. The molecule has 0 aliphatic carbocycles. The average Bonchev–Trinajstić information content (AvgIpc) is 2.25. The first-order chi connectivity index (χ1) is 7.58. The van der Waals surface area contributed by atoms with Crippen molar-refractivity contribution < 1.29 is 0 Å². The van der Waals surface area contributed by atoms with Crippen molar-refractivity contribution in [3.8, 4) is 0 Å².